The van der Waals surface area contributed by atoms with Gasteiger partial charge in [0.1, 0.15) is 17.9 Å². The zero-order chi connectivity index (χ0) is 16.8. The van der Waals surface area contributed by atoms with Crippen LogP contribution < -0.4 is 4.74 Å². The fourth-order valence-electron chi connectivity index (χ4n) is 2.35. The number of hydrogen-bond acceptors (Lipinski definition) is 5. The molecule has 0 aliphatic rings. The molecule has 3 rings (SSSR count). The van der Waals surface area contributed by atoms with E-state index >= 15 is 0 Å². The first-order valence-corrected chi connectivity index (χ1v) is 7.51. The Morgan fingerprint density at radius 3 is 2.67 bits per heavy atom. The van der Waals surface area contributed by atoms with Gasteiger partial charge in [0.25, 0.3) is 5.69 Å². The van der Waals surface area contributed by atoms with Crippen LogP contribution in [0.15, 0.2) is 60.8 Å². The highest BCUT2D eigenvalue weighted by Crippen LogP contribution is 2.29. The molecule has 1 aromatic heterocycles. The van der Waals surface area contributed by atoms with Gasteiger partial charge in [-0.1, -0.05) is 36.4 Å². The van der Waals surface area contributed by atoms with Gasteiger partial charge in [0, 0.05) is 11.6 Å². The van der Waals surface area contributed by atoms with Crippen molar-refractivity contribution in [3.63, 3.8) is 0 Å². The average molecular weight is 324 g/mol. The van der Waals surface area contributed by atoms with Crippen molar-refractivity contribution in [3.05, 3.63) is 76.5 Å². The van der Waals surface area contributed by atoms with Crippen molar-refractivity contribution in [2.24, 2.45) is 0 Å². The minimum Gasteiger partial charge on any atom is -0.491 e. The van der Waals surface area contributed by atoms with Crippen LogP contribution in [-0.2, 0) is 11.3 Å². The number of rotatable bonds is 7. The molecule has 2 aromatic carbocycles. The normalized spacial score (nSPS) is 10.7. The van der Waals surface area contributed by atoms with Crippen LogP contribution in [0.2, 0.25) is 0 Å². The lowest BCUT2D eigenvalue weighted by Gasteiger charge is -2.08. The molecular formula is C18H16N2O4. The van der Waals surface area contributed by atoms with Gasteiger partial charge in [-0.15, -0.1) is 0 Å². The molecule has 0 spiro atoms. The van der Waals surface area contributed by atoms with Crippen LogP contribution in [0.25, 0.3) is 10.9 Å². The number of aromatic nitrogens is 1. The number of hydrogen-bond donors (Lipinski definition) is 0. The number of nitro benzene ring substituents is 1. The maximum Gasteiger partial charge on any atom is 0.299 e. The molecule has 0 unspecified atom stereocenters. The molecule has 0 saturated heterocycles. The summed E-state index contributed by atoms with van der Waals surface area (Å²) in [5.74, 6) is 0.436. The number of ether oxygens (including phenoxy) is 2. The molecule has 0 saturated carbocycles. The molecule has 24 heavy (non-hydrogen) atoms. The van der Waals surface area contributed by atoms with Crippen LogP contribution in [-0.4, -0.2) is 23.1 Å². The molecule has 0 atom stereocenters. The van der Waals surface area contributed by atoms with E-state index in [1.807, 2.05) is 30.3 Å². The second-order valence-electron chi connectivity index (χ2n) is 5.16. The number of nitrogens with zero attached hydrogens (tertiary/aromatic N) is 2. The summed E-state index contributed by atoms with van der Waals surface area (Å²) in [6.45, 7) is 1.22. The second-order valence-corrected chi connectivity index (χ2v) is 5.16. The first kappa shape index (κ1) is 15.9. The molecule has 0 aliphatic heterocycles. The third-order valence-electron chi connectivity index (χ3n) is 3.46. The van der Waals surface area contributed by atoms with Gasteiger partial charge in [-0.2, -0.15) is 0 Å². The van der Waals surface area contributed by atoms with Crippen LogP contribution in [0.4, 0.5) is 5.69 Å². The van der Waals surface area contributed by atoms with Crippen LogP contribution in [0, 0.1) is 10.1 Å². The Hall–Kier alpha value is -2.99. The van der Waals surface area contributed by atoms with E-state index in [9.17, 15) is 10.1 Å². The zero-order valence-electron chi connectivity index (χ0n) is 12.9. The topological polar surface area (TPSA) is 74.5 Å². The third-order valence-corrected chi connectivity index (χ3v) is 3.46. The van der Waals surface area contributed by atoms with E-state index in [1.54, 1.807) is 18.2 Å². The van der Waals surface area contributed by atoms with E-state index in [2.05, 4.69) is 4.98 Å². The summed E-state index contributed by atoms with van der Waals surface area (Å²) < 4.78 is 11.1. The molecule has 1 heterocycles. The summed E-state index contributed by atoms with van der Waals surface area (Å²) in [4.78, 5) is 14.8. The standard InChI is InChI=1S/C18H16N2O4/c21-20(22)17-12-16(11-15-7-4-8-19-18(15)17)24-10-9-23-13-14-5-2-1-3-6-14/h1-8,11-12H,9-10,13H2. The fraction of sp³-hybridized carbons (Fsp3) is 0.167. The summed E-state index contributed by atoms with van der Waals surface area (Å²) >= 11 is 0. The van der Waals surface area contributed by atoms with Crippen molar-refractivity contribution in [2.75, 3.05) is 13.2 Å². The molecule has 6 heteroatoms. The molecule has 122 valence electrons. The van der Waals surface area contributed by atoms with E-state index in [0.717, 1.165) is 5.56 Å². The van der Waals surface area contributed by atoms with Crippen LogP contribution in [0.5, 0.6) is 5.75 Å². The molecule has 0 N–H and O–H groups in total. The molecular weight excluding hydrogens is 308 g/mol. The lowest BCUT2D eigenvalue weighted by molar-refractivity contribution is -0.383. The van der Waals surface area contributed by atoms with Crippen molar-refractivity contribution in [1.82, 2.24) is 4.98 Å². The van der Waals surface area contributed by atoms with Crippen LogP contribution in [0.3, 0.4) is 0 Å². The largest absolute Gasteiger partial charge is 0.491 e. The predicted molar refractivity (Wildman–Crippen MR) is 90.0 cm³/mol. The first-order valence-electron chi connectivity index (χ1n) is 7.51. The zero-order valence-corrected chi connectivity index (χ0v) is 12.9. The minimum absolute atomic E-state index is 0.0618. The molecule has 3 aromatic rings. The Balaban J connectivity index is 1.60. The quantitative estimate of drug-likeness (QED) is 0.376. The summed E-state index contributed by atoms with van der Waals surface area (Å²) in [5, 5.41) is 11.9. The first-order chi connectivity index (χ1) is 11.7. The number of benzene rings is 2. The second kappa shape index (κ2) is 7.52. The lowest BCUT2D eigenvalue weighted by atomic mass is 10.2. The molecule has 0 aliphatic carbocycles. The Morgan fingerprint density at radius 2 is 1.88 bits per heavy atom. The predicted octanol–water partition coefficient (Wildman–Crippen LogP) is 3.74. The van der Waals surface area contributed by atoms with Crippen molar-refractivity contribution in [2.45, 2.75) is 6.61 Å². The van der Waals surface area contributed by atoms with E-state index < -0.39 is 4.92 Å². The van der Waals surface area contributed by atoms with E-state index in [4.69, 9.17) is 9.47 Å². The van der Waals surface area contributed by atoms with Crippen molar-refractivity contribution < 1.29 is 14.4 Å². The van der Waals surface area contributed by atoms with Gasteiger partial charge in [-0.25, -0.2) is 4.98 Å². The van der Waals surface area contributed by atoms with Gasteiger partial charge in [0.15, 0.2) is 0 Å². The number of non-ortho nitro benzene ring substituents is 1. The highest BCUT2D eigenvalue weighted by molar-refractivity contribution is 5.88. The van der Waals surface area contributed by atoms with Gasteiger partial charge < -0.3 is 9.47 Å². The SMILES string of the molecule is O=[N+]([O-])c1cc(OCCOCc2ccccc2)cc2cccnc12. The van der Waals surface area contributed by atoms with Crippen LogP contribution >= 0.6 is 0 Å². The molecule has 6 nitrogen and oxygen atoms in total. The fourth-order valence-corrected chi connectivity index (χ4v) is 2.35. The number of nitro groups is 1. The van der Waals surface area contributed by atoms with Crippen molar-refractivity contribution in [3.8, 4) is 5.75 Å². The van der Waals surface area contributed by atoms with Crippen LogP contribution in [0.1, 0.15) is 5.56 Å². The van der Waals surface area contributed by atoms with E-state index in [-0.39, 0.29) is 5.69 Å². The maximum absolute atomic E-state index is 11.2. The van der Waals surface area contributed by atoms with Gasteiger partial charge in [0.2, 0.25) is 0 Å². The number of pyridine rings is 1. The molecule has 0 fully saturated rings. The summed E-state index contributed by atoms with van der Waals surface area (Å²) in [7, 11) is 0. The van der Waals surface area contributed by atoms with Gasteiger partial charge in [-0.3, -0.25) is 10.1 Å². The minimum atomic E-state index is -0.450. The Labute approximate surface area is 138 Å². The smallest absolute Gasteiger partial charge is 0.299 e. The van der Waals surface area contributed by atoms with Gasteiger partial charge in [0.05, 0.1) is 24.2 Å². The summed E-state index contributed by atoms with van der Waals surface area (Å²) in [6, 6.07) is 16.5. The highest BCUT2D eigenvalue weighted by atomic mass is 16.6. The summed E-state index contributed by atoms with van der Waals surface area (Å²) in [5.41, 5.74) is 1.38. The van der Waals surface area contributed by atoms with E-state index in [0.29, 0.717) is 36.5 Å². The van der Waals surface area contributed by atoms with Gasteiger partial charge >= 0.3 is 0 Å². The van der Waals surface area contributed by atoms with Crippen molar-refractivity contribution in [1.29, 1.82) is 0 Å². The monoisotopic (exact) mass is 324 g/mol. The van der Waals surface area contributed by atoms with Crippen molar-refractivity contribution >= 4 is 16.6 Å². The Bertz CT molecular complexity index is 837. The van der Waals surface area contributed by atoms with Gasteiger partial charge in [-0.05, 0) is 17.7 Å². The summed E-state index contributed by atoms with van der Waals surface area (Å²) in [6.07, 6.45) is 1.54. The Kier molecular flexibility index (Phi) is 4.98. The number of fused-ring (bicyclic) bond motifs is 1. The molecule has 0 radical (unpaired) electrons. The highest BCUT2D eigenvalue weighted by Gasteiger charge is 2.15. The molecule has 0 amide bonds. The maximum atomic E-state index is 11.2. The third kappa shape index (κ3) is 3.85. The molecule has 0 bridgehead atoms. The van der Waals surface area contributed by atoms with E-state index in [1.165, 1.54) is 12.3 Å². The average Bonchev–Trinajstić information content (AvgIpc) is 2.61. The Morgan fingerprint density at radius 1 is 1.04 bits per heavy atom. The lowest BCUT2D eigenvalue weighted by Crippen LogP contribution is -2.07.